The van der Waals surface area contributed by atoms with Crippen LogP contribution in [0.5, 0.6) is 0 Å². The van der Waals surface area contributed by atoms with Crippen LogP contribution in [0, 0.1) is 0 Å². The van der Waals surface area contributed by atoms with Crippen molar-refractivity contribution in [2.24, 2.45) is 7.05 Å². The molecule has 0 aromatic carbocycles. The molecule has 1 atom stereocenters. The molecular formula is C27H32F9N7O6. The summed E-state index contributed by atoms with van der Waals surface area (Å²) < 4.78 is 99.4. The first-order chi connectivity index (χ1) is 22.5. The van der Waals surface area contributed by atoms with Crippen molar-refractivity contribution in [1.82, 2.24) is 29.0 Å². The number of imidazole rings is 1. The molecule has 0 amide bonds. The van der Waals surface area contributed by atoms with E-state index in [1.165, 1.54) is 29.9 Å². The van der Waals surface area contributed by atoms with Crippen LogP contribution in [-0.2, 0) is 28.0 Å². The highest BCUT2D eigenvalue weighted by atomic mass is 19.4. The van der Waals surface area contributed by atoms with Crippen LogP contribution in [0.1, 0.15) is 30.1 Å². The Morgan fingerprint density at radius 3 is 1.76 bits per heavy atom. The highest BCUT2D eigenvalue weighted by Crippen LogP contribution is 2.28. The third kappa shape index (κ3) is 12.7. The average molecular weight is 722 g/mol. The van der Waals surface area contributed by atoms with Gasteiger partial charge in [-0.2, -0.15) is 44.6 Å². The largest absolute Gasteiger partial charge is 0.490 e. The number of carbonyl (C=O) groups is 3. The van der Waals surface area contributed by atoms with Gasteiger partial charge in [0, 0.05) is 64.3 Å². The van der Waals surface area contributed by atoms with E-state index in [1.807, 2.05) is 17.9 Å². The summed E-state index contributed by atoms with van der Waals surface area (Å²) in [6.45, 7) is 6.37. The summed E-state index contributed by atoms with van der Waals surface area (Å²) in [7, 11) is 4.20. The number of likely N-dealkylation sites (N-methyl/N-ethyl adjacent to an activating group) is 1. The molecule has 13 nitrogen and oxygen atoms in total. The van der Waals surface area contributed by atoms with E-state index in [-0.39, 0.29) is 0 Å². The average Bonchev–Trinajstić information content (AvgIpc) is 3.75. The lowest BCUT2D eigenvalue weighted by Crippen LogP contribution is -2.46. The maximum atomic E-state index is 10.6. The SMILES string of the molecule is CN1CCN(Cc2cnn(C)c2)CC1c1cn2c(N3CCCC3)cccc2n1.O=C(O)C(F)(F)F.O=C(O)C(F)(F)F.O=C(O)C(F)(F)F. The van der Waals surface area contributed by atoms with Crippen LogP contribution < -0.4 is 4.90 Å². The molecule has 2 fully saturated rings. The molecule has 49 heavy (non-hydrogen) atoms. The van der Waals surface area contributed by atoms with Gasteiger partial charge < -0.3 is 20.2 Å². The summed E-state index contributed by atoms with van der Waals surface area (Å²) >= 11 is 0. The Morgan fingerprint density at radius 2 is 1.31 bits per heavy atom. The Bertz CT molecular complexity index is 1490. The summed E-state index contributed by atoms with van der Waals surface area (Å²) in [5, 5.41) is 25.7. The number of aromatic nitrogens is 4. The van der Waals surface area contributed by atoms with Gasteiger partial charge in [0.05, 0.1) is 17.9 Å². The van der Waals surface area contributed by atoms with Crippen LogP contribution >= 0.6 is 0 Å². The first-order valence-corrected chi connectivity index (χ1v) is 14.0. The number of alkyl halides is 9. The van der Waals surface area contributed by atoms with Gasteiger partial charge >= 0.3 is 36.4 Å². The summed E-state index contributed by atoms with van der Waals surface area (Å²) in [5.74, 6) is -6.99. The number of rotatable bonds is 4. The van der Waals surface area contributed by atoms with Crippen molar-refractivity contribution in [3.63, 3.8) is 0 Å². The van der Waals surface area contributed by atoms with Gasteiger partial charge in [-0.1, -0.05) is 6.07 Å². The zero-order valence-electron chi connectivity index (χ0n) is 25.8. The molecule has 0 aliphatic carbocycles. The zero-order valence-corrected chi connectivity index (χ0v) is 25.8. The number of hydrogen-bond donors (Lipinski definition) is 3. The first kappa shape index (κ1) is 40.6. The van der Waals surface area contributed by atoms with Gasteiger partial charge in [0.2, 0.25) is 0 Å². The second-order valence-electron chi connectivity index (χ2n) is 10.6. The Hall–Kier alpha value is -4.60. The Labute approximate surface area is 271 Å². The number of carboxylic acids is 3. The molecule has 274 valence electrons. The molecule has 3 aromatic rings. The van der Waals surface area contributed by atoms with Crippen LogP contribution in [0.4, 0.5) is 45.3 Å². The predicted molar refractivity (Wildman–Crippen MR) is 152 cm³/mol. The molecule has 0 saturated carbocycles. The number of pyridine rings is 1. The van der Waals surface area contributed by atoms with E-state index in [0.717, 1.165) is 44.9 Å². The van der Waals surface area contributed by atoms with Crippen LogP contribution in [0.15, 0.2) is 36.8 Å². The lowest BCUT2D eigenvalue weighted by molar-refractivity contribution is -0.193. The number of anilines is 1. The van der Waals surface area contributed by atoms with Gasteiger partial charge in [-0.25, -0.2) is 19.4 Å². The van der Waals surface area contributed by atoms with Gasteiger partial charge in [-0.05, 0) is 32.0 Å². The quantitative estimate of drug-likeness (QED) is 0.334. The van der Waals surface area contributed by atoms with E-state index in [9.17, 15) is 39.5 Å². The molecule has 3 N–H and O–H groups in total. The molecule has 5 heterocycles. The first-order valence-electron chi connectivity index (χ1n) is 14.0. The fourth-order valence-electron chi connectivity index (χ4n) is 4.58. The maximum absolute atomic E-state index is 10.6. The molecule has 2 aliphatic rings. The van der Waals surface area contributed by atoms with Gasteiger partial charge in [0.25, 0.3) is 0 Å². The van der Waals surface area contributed by atoms with Crippen molar-refractivity contribution < 1.29 is 69.2 Å². The molecule has 2 aliphatic heterocycles. The number of hydrogen-bond acceptors (Lipinski definition) is 8. The maximum Gasteiger partial charge on any atom is 0.490 e. The minimum atomic E-state index is -5.08. The number of fused-ring (bicyclic) bond motifs is 1. The van der Waals surface area contributed by atoms with Crippen molar-refractivity contribution >= 4 is 29.4 Å². The summed E-state index contributed by atoms with van der Waals surface area (Å²) in [6.07, 6.45) is -6.34. The minimum Gasteiger partial charge on any atom is -0.475 e. The summed E-state index contributed by atoms with van der Waals surface area (Å²) in [4.78, 5) is 39.1. The summed E-state index contributed by atoms with van der Waals surface area (Å²) in [6, 6.07) is 6.80. The third-order valence-electron chi connectivity index (χ3n) is 6.88. The standard InChI is InChI=1S/C21H29N7.3C2HF3O2/c1-24-10-11-26(14-17-12-22-25(2)13-17)16-19(24)18-15-28-20(23-18)6-5-7-21(28)27-8-3-4-9-27;3*3-2(4,5)1(6)7/h5-7,12-13,15,19H,3-4,8-11,14,16H2,1-2H3;3*(H,6,7). The Morgan fingerprint density at radius 1 is 0.796 bits per heavy atom. The molecule has 0 bridgehead atoms. The molecular weight excluding hydrogens is 689 g/mol. The van der Waals surface area contributed by atoms with Crippen LogP contribution in [0.25, 0.3) is 5.65 Å². The van der Waals surface area contributed by atoms with Crippen molar-refractivity contribution in [2.75, 3.05) is 44.7 Å². The van der Waals surface area contributed by atoms with E-state index in [1.54, 1.807) is 0 Å². The van der Waals surface area contributed by atoms with E-state index >= 15 is 0 Å². The second kappa shape index (κ2) is 16.7. The summed E-state index contributed by atoms with van der Waals surface area (Å²) in [5.41, 5.74) is 3.50. The second-order valence-corrected chi connectivity index (χ2v) is 10.6. The monoisotopic (exact) mass is 721 g/mol. The Balaban J connectivity index is 0.000000325. The minimum absolute atomic E-state index is 0.316. The fourth-order valence-corrected chi connectivity index (χ4v) is 4.58. The zero-order chi connectivity index (χ0) is 37.3. The molecule has 5 rings (SSSR count). The van der Waals surface area contributed by atoms with Crippen molar-refractivity contribution in [3.8, 4) is 0 Å². The predicted octanol–water partition coefficient (Wildman–Crippen LogP) is 4.06. The number of piperazine rings is 1. The lowest BCUT2D eigenvalue weighted by Gasteiger charge is -2.38. The molecule has 1 unspecified atom stereocenters. The number of nitrogens with zero attached hydrogens (tertiary/aromatic N) is 7. The van der Waals surface area contributed by atoms with Crippen molar-refractivity contribution in [3.05, 3.63) is 48.0 Å². The molecule has 3 aromatic heterocycles. The highest BCUT2D eigenvalue weighted by molar-refractivity contribution is 5.73. The smallest absolute Gasteiger partial charge is 0.475 e. The van der Waals surface area contributed by atoms with Crippen LogP contribution in [-0.4, -0.2) is 120 Å². The van der Waals surface area contributed by atoms with Crippen LogP contribution in [0.2, 0.25) is 0 Å². The third-order valence-corrected chi connectivity index (χ3v) is 6.88. The number of aryl methyl sites for hydroxylation is 1. The van der Waals surface area contributed by atoms with E-state index in [2.05, 4.69) is 61.8 Å². The van der Waals surface area contributed by atoms with Crippen molar-refractivity contribution in [1.29, 1.82) is 0 Å². The number of carboxylic acid groups (broad SMARTS) is 3. The number of aliphatic carboxylic acids is 3. The molecule has 0 spiro atoms. The number of halogens is 9. The van der Waals surface area contributed by atoms with Crippen LogP contribution in [0.3, 0.4) is 0 Å². The van der Waals surface area contributed by atoms with E-state index in [0.29, 0.717) is 6.04 Å². The Kier molecular flexibility index (Phi) is 13.8. The topological polar surface area (TPSA) is 157 Å². The van der Waals surface area contributed by atoms with Crippen molar-refractivity contribution in [2.45, 2.75) is 44.0 Å². The highest BCUT2D eigenvalue weighted by Gasteiger charge is 2.39. The van der Waals surface area contributed by atoms with Gasteiger partial charge in [-0.15, -0.1) is 0 Å². The molecule has 0 radical (unpaired) electrons. The lowest BCUT2D eigenvalue weighted by atomic mass is 10.1. The normalized spacial score (nSPS) is 17.3. The van der Waals surface area contributed by atoms with Gasteiger partial charge in [-0.3, -0.25) is 18.9 Å². The van der Waals surface area contributed by atoms with E-state index < -0.39 is 36.4 Å². The molecule has 22 heteroatoms. The fraction of sp³-hybridized carbons (Fsp3) is 0.519. The van der Waals surface area contributed by atoms with E-state index in [4.69, 9.17) is 34.7 Å². The van der Waals surface area contributed by atoms with Gasteiger partial charge in [0.15, 0.2) is 0 Å². The van der Waals surface area contributed by atoms with Gasteiger partial charge in [0.1, 0.15) is 11.5 Å². The molecule has 2 saturated heterocycles.